The fourth-order valence-electron chi connectivity index (χ4n) is 4.83. The van der Waals surface area contributed by atoms with Gasteiger partial charge in [0, 0.05) is 5.41 Å². The average molecular weight is 371 g/mol. The number of ketones is 1. The molecule has 27 heavy (non-hydrogen) atoms. The van der Waals surface area contributed by atoms with Gasteiger partial charge < -0.3 is 9.90 Å². The van der Waals surface area contributed by atoms with Crippen LogP contribution in [0.15, 0.2) is 46.6 Å². The Morgan fingerprint density at radius 3 is 2.59 bits per heavy atom. The van der Waals surface area contributed by atoms with Gasteiger partial charge in [0.1, 0.15) is 6.79 Å². The maximum Gasteiger partial charge on any atom is 0.178 e. The lowest BCUT2D eigenvalue weighted by molar-refractivity contribution is -0.110. The van der Waals surface area contributed by atoms with Crippen molar-refractivity contribution in [2.75, 3.05) is 0 Å². The summed E-state index contributed by atoms with van der Waals surface area (Å²) >= 11 is 0. The molecular weight excluding hydrogens is 336 g/mol. The fraction of sp³-hybridized carbons (Fsp3) is 0.583. The van der Waals surface area contributed by atoms with Crippen molar-refractivity contribution < 1.29 is 14.7 Å². The number of hydrogen-bond donors (Lipinski definition) is 1. The van der Waals surface area contributed by atoms with Gasteiger partial charge in [0.05, 0.1) is 6.10 Å². The van der Waals surface area contributed by atoms with Crippen LogP contribution in [0.1, 0.15) is 66.2 Å². The fourth-order valence-corrected chi connectivity index (χ4v) is 4.83. The van der Waals surface area contributed by atoms with E-state index in [0.717, 1.165) is 31.1 Å². The molecule has 4 aliphatic carbocycles. The van der Waals surface area contributed by atoms with E-state index in [4.69, 9.17) is 9.90 Å². The van der Waals surface area contributed by atoms with Crippen molar-refractivity contribution in [3.63, 3.8) is 0 Å². The van der Waals surface area contributed by atoms with Crippen LogP contribution in [-0.2, 0) is 9.59 Å². The molecule has 0 heterocycles. The first-order valence-corrected chi connectivity index (χ1v) is 10.2. The van der Waals surface area contributed by atoms with Crippen molar-refractivity contribution in [3.8, 4) is 0 Å². The van der Waals surface area contributed by atoms with E-state index in [1.54, 1.807) is 29.7 Å². The smallest absolute Gasteiger partial charge is 0.178 e. The Morgan fingerprint density at radius 2 is 1.96 bits per heavy atom. The molecule has 1 N–H and O–H groups in total. The second kappa shape index (κ2) is 8.97. The Labute approximate surface area is 163 Å². The normalized spacial score (nSPS) is 31.8. The van der Waals surface area contributed by atoms with Crippen LogP contribution in [0.2, 0.25) is 0 Å². The van der Waals surface area contributed by atoms with Crippen LogP contribution in [0.3, 0.4) is 0 Å². The maximum atomic E-state index is 11.7. The minimum atomic E-state index is -0.116. The standard InChI is InChI=1S/C19H22O.C4H10O.CH2O/c1-12-3-5-16-15(12)7-8-18-17(16)6-4-13-11-14(20)9-10-19(13,18)2;1-3-4(2)5;1-2/h5,9-12,15H,3-4,6-8H2,1-2H3;4-5H,3H2,1-2H3;1H2. The summed E-state index contributed by atoms with van der Waals surface area (Å²) in [6.07, 6.45) is 15.1. The lowest BCUT2D eigenvalue weighted by Crippen LogP contribution is -2.32. The summed E-state index contributed by atoms with van der Waals surface area (Å²) in [5.74, 6) is 1.80. The molecule has 4 rings (SSSR count). The Balaban J connectivity index is 0.000000327. The lowest BCUT2D eigenvalue weighted by Gasteiger charge is -2.44. The van der Waals surface area contributed by atoms with E-state index < -0.39 is 0 Å². The Kier molecular flexibility index (Phi) is 7.16. The maximum absolute atomic E-state index is 11.7. The molecule has 0 bridgehead atoms. The highest BCUT2D eigenvalue weighted by Crippen LogP contribution is 2.56. The largest absolute Gasteiger partial charge is 0.393 e. The number of allylic oxidation sites excluding steroid dienone is 8. The van der Waals surface area contributed by atoms with Gasteiger partial charge in [0.15, 0.2) is 5.78 Å². The highest BCUT2D eigenvalue weighted by atomic mass is 16.3. The topological polar surface area (TPSA) is 54.4 Å². The minimum absolute atomic E-state index is 0.0269. The van der Waals surface area contributed by atoms with Crippen molar-refractivity contribution in [1.29, 1.82) is 0 Å². The van der Waals surface area contributed by atoms with Crippen molar-refractivity contribution in [1.82, 2.24) is 0 Å². The number of rotatable bonds is 1. The third kappa shape index (κ3) is 4.24. The summed E-state index contributed by atoms with van der Waals surface area (Å²) < 4.78 is 0. The van der Waals surface area contributed by atoms with E-state index in [2.05, 4.69) is 26.0 Å². The predicted molar refractivity (Wildman–Crippen MR) is 110 cm³/mol. The van der Waals surface area contributed by atoms with Crippen molar-refractivity contribution in [2.45, 2.75) is 72.3 Å². The Hall–Kier alpha value is -1.74. The van der Waals surface area contributed by atoms with E-state index in [0.29, 0.717) is 0 Å². The van der Waals surface area contributed by atoms with Gasteiger partial charge in [-0.2, -0.15) is 0 Å². The molecule has 0 aliphatic heterocycles. The Morgan fingerprint density at radius 1 is 1.30 bits per heavy atom. The van der Waals surface area contributed by atoms with Gasteiger partial charge >= 0.3 is 0 Å². The van der Waals surface area contributed by atoms with Crippen LogP contribution in [0.4, 0.5) is 0 Å². The van der Waals surface area contributed by atoms with Crippen LogP contribution >= 0.6 is 0 Å². The van der Waals surface area contributed by atoms with Gasteiger partial charge in [-0.3, -0.25) is 4.79 Å². The molecular formula is C24H34O3. The summed E-state index contributed by atoms with van der Waals surface area (Å²) in [5, 5.41) is 8.36. The van der Waals surface area contributed by atoms with Crippen LogP contribution < -0.4 is 0 Å². The Bertz CT molecular complexity index is 692. The lowest BCUT2D eigenvalue weighted by atomic mass is 9.60. The first kappa shape index (κ1) is 21.6. The zero-order valence-electron chi connectivity index (χ0n) is 17.3. The number of hydrogen-bond acceptors (Lipinski definition) is 3. The molecule has 0 radical (unpaired) electrons. The van der Waals surface area contributed by atoms with Gasteiger partial charge in [-0.15, -0.1) is 0 Å². The highest BCUT2D eigenvalue weighted by molar-refractivity contribution is 6.01. The van der Waals surface area contributed by atoms with Crippen LogP contribution in [0.5, 0.6) is 0 Å². The van der Waals surface area contributed by atoms with Gasteiger partial charge in [-0.25, -0.2) is 0 Å². The van der Waals surface area contributed by atoms with Gasteiger partial charge in [-0.05, 0) is 87.5 Å². The molecule has 3 heteroatoms. The average Bonchev–Trinajstić information content (AvgIpc) is 3.06. The molecule has 0 saturated heterocycles. The number of aliphatic hydroxyl groups is 1. The molecule has 0 aromatic heterocycles. The molecule has 4 atom stereocenters. The molecule has 4 aliphatic rings. The summed E-state index contributed by atoms with van der Waals surface area (Å²) in [6.45, 7) is 10.4. The highest BCUT2D eigenvalue weighted by Gasteiger charge is 2.43. The van der Waals surface area contributed by atoms with Gasteiger partial charge in [0.25, 0.3) is 0 Å². The summed E-state index contributed by atoms with van der Waals surface area (Å²) in [6, 6.07) is 0. The van der Waals surface area contributed by atoms with Crippen molar-refractivity contribution in [3.05, 3.63) is 46.6 Å². The van der Waals surface area contributed by atoms with Gasteiger partial charge in [0.2, 0.25) is 0 Å². The monoisotopic (exact) mass is 370 g/mol. The van der Waals surface area contributed by atoms with E-state index in [1.807, 2.05) is 19.8 Å². The van der Waals surface area contributed by atoms with E-state index in [1.165, 1.54) is 24.8 Å². The second-order valence-corrected chi connectivity index (χ2v) is 8.34. The number of carbonyl (C=O) groups is 2. The zero-order valence-corrected chi connectivity index (χ0v) is 17.3. The molecule has 0 saturated carbocycles. The first-order chi connectivity index (χ1) is 12.9. The molecule has 0 aromatic rings. The van der Waals surface area contributed by atoms with Crippen molar-refractivity contribution in [2.24, 2.45) is 17.3 Å². The van der Waals surface area contributed by atoms with Crippen molar-refractivity contribution >= 4 is 12.6 Å². The van der Waals surface area contributed by atoms with E-state index >= 15 is 0 Å². The SMILES string of the molecule is C=O.CC1CC=C2C3=C(CCC21)C1(C)C=CC(=O)C=C1CC3.CCC(C)O. The van der Waals surface area contributed by atoms with E-state index in [9.17, 15) is 4.79 Å². The predicted octanol–water partition coefficient (Wildman–Crippen LogP) is 5.12. The molecule has 0 amide bonds. The summed E-state index contributed by atoms with van der Waals surface area (Å²) in [5.41, 5.74) is 6.27. The summed E-state index contributed by atoms with van der Waals surface area (Å²) in [7, 11) is 0. The molecule has 0 spiro atoms. The minimum Gasteiger partial charge on any atom is -0.393 e. The van der Waals surface area contributed by atoms with E-state index in [-0.39, 0.29) is 17.3 Å². The number of carbonyl (C=O) groups excluding carboxylic acids is 2. The molecule has 148 valence electrons. The molecule has 0 fully saturated rings. The van der Waals surface area contributed by atoms with Crippen LogP contribution in [0.25, 0.3) is 0 Å². The molecule has 3 nitrogen and oxygen atoms in total. The number of aliphatic hydroxyl groups excluding tert-OH is 1. The second-order valence-electron chi connectivity index (χ2n) is 8.34. The quantitative estimate of drug-likeness (QED) is 0.697. The molecule has 4 unspecified atom stereocenters. The zero-order chi connectivity index (χ0) is 20.2. The van der Waals surface area contributed by atoms with Gasteiger partial charge in [-0.1, -0.05) is 37.1 Å². The molecule has 0 aromatic carbocycles. The summed E-state index contributed by atoms with van der Waals surface area (Å²) in [4.78, 5) is 19.7. The number of fused-ring (bicyclic) bond motifs is 4. The third-order valence-electron chi connectivity index (χ3n) is 6.64. The van der Waals surface area contributed by atoms with Crippen LogP contribution in [-0.4, -0.2) is 23.8 Å². The third-order valence-corrected chi connectivity index (χ3v) is 6.64. The first-order valence-electron chi connectivity index (χ1n) is 10.2. The van der Waals surface area contributed by atoms with Crippen LogP contribution in [0, 0.1) is 17.3 Å².